The van der Waals surface area contributed by atoms with Crippen LogP contribution >= 0.6 is 23.2 Å². The molecule has 0 bridgehead atoms. The Morgan fingerprint density at radius 2 is 1.96 bits per heavy atom. The highest BCUT2D eigenvalue weighted by atomic mass is 35.5. The molecule has 0 fully saturated rings. The lowest BCUT2D eigenvalue weighted by Gasteiger charge is -2.11. The van der Waals surface area contributed by atoms with Crippen LogP contribution in [0.3, 0.4) is 0 Å². The van der Waals surface area contributed by atoms with Crippen LogP contribution in [0.1, 0.15) is 16.1 Å². The number of nitrogens with zero attached hydrogens (tertiary/aromatic N) is 3. The number of carboxylic acid groups (broad SMARTS) is 1. The van der Waals surface area contributed by atoms with Crippen molar-refractivity contribution in [2.24, 2.45) is 0 Å². The smallest absolute Gasteiger partial charge is 0.434 e. The predicted molar refractivity (Wildman–Crippen MR) is 80.4 cm³/mol. The molecule has 0 aliphatic heterocycles. The van der Waals surface area contributed by atoms with E-state index in [4.69, 9.17) is 28.3 Å². The molecular formula is C14H6Cl2F3N3O2. The molecule has 2 heterocycles. The fourth-order valence-electron chi connectivity index (χ4n) is 2.18. The third-order valence-electron chi connectivity index (χ3n) is 3.21. The first kappa shape index (κ1) is 16.5. The average molecular weight is 376 g/mol. The average Bonchev–Trinajstić information content (AvgIpc) is 2.88. The van der Waals surface area contributed by atoms with Gasteiger partial charge in [0.1, 0.15) is 5.56 Å². The molecule has 124 valence electrons. The van der Waals surface area contributed by atoms with E-state index in [2.05, 4.69) is 9.97 Å². The minimum Gasteiger partial charge on any atom is -0.478 e. The summed E-state index contributed by atoms with van der Waals surface area (Å²) in [7, 11) is 0. The van der Waals surface area contributed by atoms with Crippen molar-refractivity contribution in [3.05, 3.63) is 51.9 Å². The number of aromatic nitrogens is 3. The second-order valence-corrected chi connectivity index (χ2v) is 5.59. The van der Waals surface area contributed by atoms with E-state index in [1.165, 1.54) is 18.3 Å². The monoisotopic (exact) mass is 375 g/mol. The summed E-state index contributed by atoms with van der Waals surface area (Å²) in [5, 5.41) is 9.67. The van der Waals surface area contributed by atoms with Gasteiger partial charge in [-0.3, -0.25) is 4.40 Å². The van der Waals surface area contributed by atoms with Crippen LogP contribution in [0.4, 0.5) is 13.2 Å². The Hall–Kier alpha value is -2.32. The molecule has 2 aromatic heterocycles. The maximum atomic E-state index is 13.0. The number of carboxylic acids is 1. The van der Waals surface area contributed by atoms with Crippen molar-refractivity contribution in [3.63, 3.8) is 0 Å². The van der Waals surface area contributed by atoms with Gasteiger partial charge < -0.3 is 5.11 Å². The van der Waals surface area contributed by atoms with E-state index in [0.717, 1.165) is 10.6 Å². The Bertz CT molecular complexity index is 970. The molecule has 10 heteroatoms. The lowest BCUT2D eigenvalue weighted by Crippen LogP contribution is -2.17. The molecule has 0 amide bonds. The minimum atomic E-state index is -4.92. The third-order valence-corrected chi connectivity index (χ3v) is 3.76. The van der Waals surface area contributed by atoms with Crippen LogP contribution in [0, 0.1) is 0 Å². The van der Waals surface area contributed by atoms with Gasteiger partial charge in [-0.05, 0) is 18.2 Å². The molecule has 3 aromatic rings. The number of rotatable bonds is 2. The van der Waals surface area contributed by atoms with E-state index < -0.39 is 23.4 Å². The first-order valence-corrected chi connectivity index (χ1v) is 7.08. The van der Waals surface area contributed by atoms with Gasteiger partial charge in [0, 0.05) is 16.8 Å². The Kier molecular flexibility index (Phi) is 3.89. The van der Waals surface area contributed by atoms with Crippen molar-refractivity contribution in [1.29, 1.82) is 0 Å². The summed E-state index contributed by atoms with van der Waals surface area (Å²) in [6.07, 6.45) is -2.84. The number of benzene rings is 1. The molecule has 3 rings (SSSR count). The number of imidazole rings is 1. The predicted octanol–water partition coefficient (Wildman–Crippen LogP) is 4.42. The molecule has 0 spiro atoms. The molecule has 0 aliphatic rings. The maximum Gasteiger partial charge on any atom is 0.434 e. The quantitative estimate of drug-likeness (QED) is 0.719. The van der Waals surface area contributed by atoms with Crippen molar-refractivity contribution in [3.8, 4) is 11.3 Å². The van der Waals surface area contributed by atoms with Crippen molar-refractivity contribution < 1.29 is 23.1 Å². The number of alkyl halides is 3. The van der Waals surface area contributed by atoms with Crippen molar-refractivity contribution in [2.45, 2.75) is 6.18 Å². The Labute approximate surface area is 142 Å². The fraction of sp³-hybridized carbons (Fsp3) is 0.0714. The molecule has 0 atom stereocenters. The number of hydrogen-bond acceptors (Lipinski definition) is 3. The van der Waals surface area contributed by atoms with Crippen molar-refractivity contribution in [1.82, 2.24) is 14.4 Å². The summed E-state index contributed by atoms with van der Waals surface area (Å²) < 4.78 is 40.1. The summed E-state index contributed by atoms with van der Waals surface area (Å²) in [4.78, 5) is 18.3. The lowest BCUT2D eigenvalue weighted by molar-refractivity contribution is -0.141. The zero-order chi connectivity index (χ0) is 17.6. The third kappa shape index (κ3) is 2.78. The molecular weight excluding hydrogens is 370 g/mol. The molecule has 0 aliphatic carbocycles. The lowest BCUT2D eigenvalue weighted by atomic mass is 10.1. The van der Waals surface area contributed by atoms with E-state index in [9.17, 15) is 18.0 Å². The van der Waals surface area contributed by atoms with Gasteiger partial charge in [-0.2, -0.15) is 13.2 Å². The normalized spacial score (nSPS) is 11.9. The molecule has 0 radical (unpaired) electrons. The molecule has 24 heavy (non-hydrogen) atoms. The van der Waals surface area contributed by atoms with Crippen LogP contribution in [0.25, 0.3) is 17.0 Å². The van der Waals surface area contributed by atoms with Gasteiger partial charge in [-0.1, -0.05) is 23.2 Å². The van der Waals surface area contributed by atoms with E-state index in [1.54, 1.807) is 6.07 Å². The first-order valence-electron chi connectivity index (χ1n) is 6.32. The zero-order valence-corrected chi connectivity index (χ0v) is 13.0. The summed E-state index contributed by atoms with van der Waals surface area (Å²) in [5.41, 5.74) is -1.79. The van der Waals surface area contributed by atoms with Gasteiger partial charge in [0.15, 0.2) is 5.69 Å². The van der Waals surface area contributed by atoms with Crippen LogP contribution in [0.2, 0.25) is 10.0 Å². The van der Waals surface area contributed by atoms with E-state index in [0.29, 0.717) is 10.6 Å². The second kappa shape index (κ2) is 5.64. The van der Waals surface area contributed by atoms with Crippen LogP contribution in [-0.4, -0.2) is 25.4 Å². The highest BCUT2D eigenvalue weighted by Gasteiger charge is 2.38. The molecule has 0 saturated heterocycles. The summed E-state index contributed by atoms with van der Waals surface area (Å²) in [6.45, 7) is 0. The highest BCUT2D eigenvalue weighted by Crippen LogP contribution is 2.34. The van der Waals surface area contributed by atoms with Gasteiger partial charge >= 0.3 is 12.1 Å². The summed E-state index contributed by atoms with van der Waals surface area (Å²) in [5.74, 6) is -2.05. The minimum absolute atomic E-state index is 0.237. The molecule has 1 aromatic carbocycles. The number of hydrogen-bond donors (Lipinski definition) is 1. The topological polar surface area (TPSA) is 67.5 Å². The Morgan fingerprint density at radius 3 is 2.54 bits per heavy atom. The van der Waals surface area contributed by atoms with Crippen molar-refractivity contribution >= 4 is 34.9 Å². The van der Waals surface area contributed by atoms with Gasteiger partial charge in [-0.15, -0.1) is 0 Å². The summed E-state index contributed by atoms with van der Waals surface area (Å²) in [6, 6.07) is 4.54. The van der Waals surface area contributed by atoms with Crippen molar-refractivity contribution in [2.75, 3.05) is 0 Å². The second-order valence-electron chi connectivity index (χ2n) is 4.74. The molecule has 0 saturated carbocycles. The van der Waals surface area contributed by atoms with Gasteiger partial charge in [-0.25, -0.2) is 14.8 Å². The molecule has 0 unspecified atom stereocenters. The Morgan fingerprint density at radius 1 is 1.25 bits per heavy atom. The molecule has 5 nitrogen and oxygen atoms in total. The zero-order valence-electron chi connectivity index (χ0n) is 11.5. The van der Waals surface area contributed by atoms with Crippen LogP contribution < -0.4 is 0 Å². The number of fused-ring (bicyclic) bond motifs is 1. The van der Waals surface area contributed by atoms with Crippen LogP contribution in [-0.2, 0) is 6.18 Å². The van der Waals surface area contributed by atoms with Gasteiger partial charge in [0.25, 0.3) is 0 Å². The van der Waals surface area contributed by atoms with Gasteiger partial charge in [0.05, 0.1) is 16.9 Å². The van der Waals surface area contributed by atoms with E-state index in [-0.39, 0.29) is 16.5 Å². The van der Waals surface area contributed by atoms with Crippen LogP contribution in [0.5, 0.6) is 0 Å². The van der Waals surface area contributed by atoms with E-state index >= 15 is 0 Å². The standard InChI is InChI=1S/C14H6Cl2F3N3O2/c15-6-1-2-7(9(16)3-6)10-4-20-13-21-11(14(17,18)19)8(12(23)24)5-22(10)13/h1-5H,(H,23,24). The number of halogens is 5. The maximum absolute atomic E-state index is 13.0. The molecule has 1 N–H and O–H groups in total. The Balaban J connectivity index is 2.30. The summed E-state index contributed by atoms with van der Waals surface area (Å²) >= 11 is 11.9. The van der Waals surface area contributed by atoms with Crippen LogP contribution in [0.15, 0.2) is 30.6 Å². The fourth-order valence-corrected chi connectivity index (χ4v) is 2.69. The largest absolute Gasteiger partial charge is 0.478 e. The highest BCUT2D eigenvalue weighted by molar-refractivity contribution is 6.36. The number of carbonyl (C=O) groups is 1. The number of aromatic carboxylic acids is 1. The van der Waals surface area contributed by atoms with E-state index in [1.807, 2.05) is 0 Å². The van der Waals surface area contributed by atoms with Gasteiger partial charge in [0.2, 0.25) is 5.78 Å². The first-order chi connectivity index (χ1) is 11.2. The SMILES string of the molecule is O=C(O)c1cn2c(-c3ccc(Cl)cc3Cl)cnc2nc1C(F)(F)F.